The van der Waals surface area contributed by atoms with E-state index in [9.17, 15) is 0 Å². The Morgan fingerprint density at radius 2 is 2.07 bits per heavy atom. The van der Waals surface area contributed by atoms with Crippen LogP contribution in [0.5, 0.6) is 0 Å². The van der Waals surface area contributed by atoms with Gasteiger partial charge in [-0.05, 0) is 38.8 Å². The van der Waals surface area contributed by atoms with Crippen molar-refractivity contribution >= 4 is 0 Å². The first-order chi connectivity index (χ1) is 6.86. The summed E-state index contributed by atoms with van der Waals surface area (Å²) in [7, 11) is 0. The lowest BCUT2D eigenvalue weighted by atomic mass is 9.92. The minimum Gasteiger partial charge on any atom is -0.380 e. The van der Waals surface area contributed by atoms with Gasteiger partial charge in [0.15, 0.2) is 0 Å². The molecule has 1 radical (unpaired) electrons. The maximum Gasteiger partial charge on any atom is 0.0593 e. The number of hydrogen-bond acceptors (Lipinski definition) is 2. The molecular formula is C12H24NO. The van der Waals surface area contributed by atoms with E-state index < -0.39 is 0 Å². The number of hydrogen-bond donors (Lipinski definition) is 0. The molecule has 14 heavy (non-hydrogen) atoms. The van der Waals surface area contributed by atoms with Gasteiger partial charge in [-0.15, -0.1) is 0 Å². The van der Waals surface area contributed by atoms with Gasteiger partial charge in [-0.2, -0.15) is 0 Å². The molecule has 0 saturated carbocycles. The Bertz CT molecular complexity index is 130. The third kappa shape index (κ3) is 4.43. The molecule has 0 aromatic carbocycles. The molecular weight excluding hydrogens is 174 g/mol. The largest absolute Gasteiger partial charge is 0.380 e. The lowest BCUT2D eigenvalue weighted by Crippen LogP contribution is -2.36. The highest BCUT2D eigenvalue weighted by Gasteiger charge is 2.17. The van der Waals surface area contributed by atoms with Gasteiger partial charge in [0.2, 0.25) is 0 Å². The fourth-order valence-electron chi connectivity index (χ4n) is 2.13. The highest BCUT2D eigenvalue weighted by molar-refractivity contribution is 4.72. The van der Waals surface area contributed by atoms with Crippen LogP contribution in [0.1, 0.15) is 32.6 Å². The lowest BCUT2D eigenvalue weighted by Gasteiger charge is -2.31. The molecule has 0 aromatic heterocycles. The van der Waals surface area contributed by atoms with Gasteiger partial charge < -0.3 is 9.64 Å². The van der Waals surface area contributed by atoms with Crippen molar-refractivity contribution in [1.29, 1.82) is 0 Å². The smallest absolute Gasteiger partial charge is 0.0593 e. The van der Waals surface area contributed by atoms with Crippen molar-refractivity contribution in [3.05, 3.63) is 6.92 Å². The molecule has 1 rings (SSSR count). The van der Waals surface area contributed by atoms with Crippen LogP contribution in [0.4, 0.5) is 0 Å². The van der Waals surface area contributed by atoms with Crippen molar-refractivity contribution in [1.82, 2.24) is 4.90 Å². The van der Waals surface area contributed by atoms with E-state index in [-0.39, 0.29) is 0 Å². The summed E-state index contributed by atoms with van der Waals surface area (Å²) in [6, 6.07) is 0. The van der Waals surface area contributed by atoms with Crippen LogP contribution < -0.4 is 0 Å². The highest BCUT2D eigenvalue weighted by atomic mass is 16.5. The molecule has 0 aromatic rings. The van der Waals surface area contributed by atoms with Crippen molar-refractivity contribution in [2.75, 3.05) is 32.8 Å². The van der Waals surface area contributed by atoms with E-state index in [1.165, 1.54) is 32.4 Å². The summed E-state index contributed by atoms with van der Waals surface area (Å²) < 4.78 is 5.36. The van der Waals surface area contributed by atoms with Crippen molar-refractivity contribution < 1.29 is 4.74 Å². The zero-order chi connectivity index (χ0) is 10.2. The summed E-state index contributed by atoms with van der Waals surface area (Å²) in [6.45, 7) is 11.4. The van der Waals surface area contributed by atoms with Crippen LogP contribution >= 0.6 is 0 Å². The molecule has 0 N–H and O–H groups in total. The fourth-order valence-corrected chi connectivity index (χ4v) is 2.13. The van der Waals surface area contributed by atoms with Crippen molar-refractivity contribution in [3.63, 3.8) is 0 Å². The molecule has 1 aliphatic rings. The molecule has 0 unspecified atom stereocenters. The molecule has 0 aliphatic carbocycles. The summed E-state index contributed by atoms with van der Waals surface area (Å²) in [4.78, 5) is 2.52. The summed E-state index contributed by atoms with van der Waals surface area (Å²) in [6.07, 6.45) is 5.15. The molecule has 2 heteroatoms. The molecule has 1 aliphatic heterocycles. The van der Waals surface area contributed by atoms with Crippen LogP contribution in [-0.4, -0.2) is 37.7 Å². The second kappa shape index (κ2) is 7.24. The van der Waals surface area contributed by atoms with Crippen LogP contribution in [-0.2, 0) is 4.74 Å². The number of piperidine rings is 1. The first-order valence-electron chi connectivity index (χ1n) is 5.96. The Hall–Kier alpha value is -0.0800. The average Bonchev–Trinajstić information content (AvgIpc) is 2.21. The number of ether oxygens (including phenoxy) is 1. The molecule has 1 fully saturated rings. The molecule has 0 amide bonds. The summed E-state index contributed by atoms with van der Waals surface area (Å²) in [5, 5.41) is 0. The second-order valence-corrected chi connectivity index (χ2v) is 4.12. The zero-order valence-corrected chi connectivity index (χ0v) is 9.50. The summed E-state index contributed by atoms with van der Waals surface area (Å²) in [5.41, 5.74) is 0. The normalized spacial score (nSPS) is 20.1. The minimum absolute atomic E-state index is 0.845. The second-order valence-electron chi connectivity index (χ2n) is 4.12. The maximum atomic E-state index is 5.36. The Morgan fingerprint density at radius 3 is 2.64 bits per heavy atom. The Morgan fingerprint density at radius 1 is 1.36 bits per heavy atom. The molecule has 0 atom stereocenters. The van der Waals surface area contributed by atoms with Crippen molar-refractivity contribution in [3.8, 4) is 0 Å². The van der Waals surface area contributed by atoms with Crippen LogP contribution in [0.15, 0.2) is 0 Å². The van der Waals surface area contributed by atoms with Gasteiger partial charge in [-0.25, -0.2) is 0 Å². The van der Waals surface area contributed by atoms with E-state index >= 15 is 0 Å². The van der Waals surface area contributed by atoms with E-state index in [1.54, 1.807) is 0 Å². The van der Waals surface area contributed by atoms with Gasteiger partial charge >= 0.3 is 0 Å². The van der Waals surface area contributed by atoms with Crippen LogP contribution in [0.2, 0.25) is 0 Å². The average molecular weight is 198 g/mol. The van der Waals surface area contributed by atoms with E-state index in [0.29, 0.717) is 0 Å². The quantitative estimate of drug-likeness (QED) is 0.607. The highest BCUT2D eigenvalue weighted by Crippen LogP contribution is 2.21. The standard InChI is InChI=1S/C12H24NO/c1-3-5-12-6-8-13(9-7-12)10-11-14-4-2/h12H,1,3-11H2,2H3. The molecule has 83 valence electrons. The maximum absolute atomic E-state index is 5.36. The van der Waals surface area contributed by atoms with E-state index in [4.69, 9.17) is 4.74 Å². The SMILES string of the molecule is [CH2]CCC1CCN(CCOCC)CC1. The third-order valence-corrected chi connectivity index (χ3v) is 3.08. The Kier molecular flexibility index (Phi) is 6.20. The van der Waals surface area contributed by atoms with Crippen molar-refractivity contribution in [2.24, 2.45) is 5.92 Å². The Balaban J connectivity index is 2.03. The van der Waals surface area contributed by atoms with Gasteiger partial charge in [0.05, 0.1) is 6.61 Å². The fraction of sp³-hybridized carbons (Fsp3) is 0.917. The van der Waals surface area contributed by atoms with Gasteiger partial charge in [0.1, 0.15) is 0 Å². The third-order valence-electron chi connectivity index (χ3n) is 3.08. The zero-order valence-electron chi connectivity index (χ0n) is 9.50. The van der Waals surface area contributed by atoms with E-state index in [0.717, 1.165) is 32.1 Å². The van der Waals surface area contributed by atoms with E-state index in [1.807, 2.05) is 0 Å². The van der Waals surface area contributed by atoms with Gasteiger partial charge in [0, 0.05) is 13.2 Å². The first kappa shape index (κ1) is 12.0. The summed E-state index contributed by atoms with van der Waals surface area (Å²) in [5.74, 6) is 0.941. The molecule has 1 heterocycles. The van der Waals surface area contributed by atoms with Crippen LogP contribution in [0.3, 0.4) is 0 Å². The van der Waals surface area contributed by atoms with Crippen molar-refractivity contribution in [2.45, 2.75) is 32.6 Å². The van der Waals surface area contributed by atoms with Crippen LogP contribution in [0.25, 0.3) is 0 Å². The predicted octanol–water partition coefficient (Wildman–Crippen LogP) is 2.35. The number of rotatable bonds is 6. The Labute approximate surface area is 88.6 Å². The molecule has 2 nitrogen and oxygen atoms in total. The number of nitrogens with zero attached hydrogens (tertiary/aromatic N) is 1. The van der Waals surface area contributed by atoms with Gasteiger partial charge in [-0.1, -0.05) is 19.8 Å². The minimum atomic E-state index is 0.845. The van der Waals surface area contributed by atoms with Gasteiger partial charge in [0.25, 0.3) is 0 Å². The molecule has 1 saturated heterocycles. The summed E-state index contributed by atoms with van der Waals surface area (Å²) >= 11 is 0. The molecule has 0 spiro atoms. The number of likely N-dealkylation sites (tertiary alicyclic amines) is 1. The topological polar surface area (TPSA) is 12.5 Å². The van der Waals surface area contributed by atoms with Gasteiger partial charge in [-0.3, -0.25) is 0 Å². The molecule has 0 bridgehead atoms. The van der Waals surface area contributed by atoms with Crippen LogP contribution in [0, 0.1) is 12.8 Å². The first-order valence-corrected chi connectivity index (χ1v) is 5.96. The monoisotopic (exact) mass is 198 g/mol. The van der Waals surface area contributed by atoms with E-state index in [2.05, 4.69) is 18.7 Å². The predicted molar refractivity (Wildman–Crippen MR) is 60.2 cm³/mol. The lowest BCUT2D eigenvalue weighted by molar-refractivity contribution is 0.0948.